The van der Waals surface area contributed by atoms with Crippen LogP contribution in [-0.2, 0) is 21.4 Å². The lowest BCUT2D eigenvalue weighted by molar-refractivity contribution is -0.128. The molecule has 2 saturated heterocycles. The molecular formula is C29H37F2N5O2. The summed E-state index contributed by atoms with van der Waals surface area (Å²) < 4.78 is 27.7. The first-order chi connectivity index (χ1) is 18.0. The van der Waals surface area contributed by atoms with Crippen LogP contribution in [0.3, 0.4) is 0 Å². The molecule has 2 fully saturated rings. The molecule has 0 saturated carbocycles. The number of piperazine rings is 1. The van der Waals surface area contributed by atoms with Gasteiger partial charge in [-0.15, -0.1) is 0 Å². The van der Waals surface area contributed by atoms with Gasteiger partial charge in [-0.3, -0.25) is 19.5 Å². The summed E-state index contributed by atoms with van der Waals surface area (Å²) in [5.41, 5.74) is 2.42. The number of benzene rings is 1. The van der Waals surface area contributed by atoms with Crippen molar-refractivity contribution in [3.63, 3.8) is 0 Å². The van der Waals surface area contributed by atoms with Crippen LogP contribution in [0.2, 0.25) is 0 Å². The molecular weight excluding hydrogens is 488 g/mol. The van der Waals surface area contributed by atoms with Crippen molar-refractivity contribution in [3.8, 4) is 0 Å². The Morgan fingerprint density at radius 2 is 1.97 bits per heavy atom. The predicted molar refractivity (Wildman–Crippen MR) is 142 cm³/mol. The van der Waals surface area contributed by atoms with Crippen molar-refractivity contribution in [1.29, 1.82) is 0 Å². The Bertz CT molecular complexity index is 1240. The van der Waals surface area contributed by atoms with Gasteiger partial charge in [0.2, 0.25) is 11.8 Å². The minimum Gasteiger partial charge on any atom is -0.341 e. The minimum absolute atomic E-state index is 0.0102. The molecule has 2 aromatic rings. The lowest BCUT2D eigenvalue weighted by atomic mass is 9.91. The second kappa shape index (κ2) is 10.3. The van der Waals surface area contributed by atoms with Gasteiger partial charge < -0.3 is 15.1 Å². The standard InChI is InChI=1S/C29H37F2N5O2/c1-18-7-26(37)35(13-18)15-23-12-32-19(2)14-34(23)16-27(38)36-17-29(3,4)28-25(36)9-20(11-33-28)8-21-5-6-22(30)10-24(21)31/h5-6,9-11,18-19,23,32H,7-8,12-17H2,1-4H3/t18?,19-,23-/m1/s1. The van der Waals surface area contributed by atoms with E-state index in [1.807, 2.05) is 11.0 Å². The first-order valence-electron chi connectivity index (χ1n) is 13.5. The van der Waals surface area contributed by atoms with Crippen molar-refractivity contribution >= 4 is 17.5 Å². The molecule has 0 radical (unpaired) electrons. The third-order valence-corrected chi connectivity index (χ3v) is 8.02. The first kappa shape index (κ1) is 26.7. The summed E-state index contributed by atoms with van der Waals surface area (Å²) in [5, 5.41) is 3.50. The molecule has 38 heavy (non-hydrogen) atoms. The van der Waals surface area contributed by atoms with Gasteiger partial charge in [0.25, 0.3) is 0 Å². The molecule has 3 atom stereocenters. The quantitative estimate of drug-likeness (QED) is 0.628. The number of amides is 2. The summed E-state index contributed by atoms with van der Waals surface area (Å²) in [7, 11) is 0. The maximum atomic E-state index is 14.3. The molecule has 1 aromatic carbocycles. The van der Waals surface area contributed by atoms with Gasteiger partial charge >= 0.3 is 0 Å². The highest BCUT2D eigenvalue weighted by atomic mass is 19.1. The number of rotatable bonds is 6. The molecule has 4 heterocycles. The van der Waals surface area contributed by atoms with E-state index in [1.54, 1.807) is 11.1 Å². The summed E-state index contributed by atoms with van der Waals surface area (Å²) in [6, 6.07) is 5.80. The Balaban J connectivity index is 1.34. The van der Waals surface area contributed by atoms with E-state index in [2.05, 4.69) is 42.9 Å². The Hall–Kier alpha value is -2.91. The fourth-order valence-corrected chi connectivity index (χ4v) is 6.05. The van der Waals surface area contributed by atoms with Gasteiger partial charge in [-0.1, -0.05) is 26.8 Å². The van der Waals surface area contributed by atoms with Crippen LogP contribution in [0.15, 0.2) is 30.5 Å². The van der Waals surface area contributed by atoms with Crippen LogP contribution in [0.5, 0.6) is 0 Å². The van der Waals surface area contributed by atoms with E-state index >= 15 is 0 Å². The summed E-state index contributed by atoms with van der Waals surface area (Å²) in [6.45, 7) is 11.9. The second-order valence-corrected chi connectivity index (χ2v) is 12.0. The molecule has 7 nitrogen and oxygen atoms in total. The Morgan fingerprint density at radius 3 is 2.68 bits per heavy atom. The molecule has 1 unspecified atom stereocenters. The molecule has 0 aliphatic carbocycles. The zero-order chi connectivity index (χ0) is 27.2. The highest BCUT2D eigenvalue weighted by molar-refractivity contribution is 5.97. The molecule has 5 rings (SSSR count). The number of pyridine rings is 1. The van der Waals surface area contributed by atoms with Gasteiger partial charge in [0, 0.05) is 75.3 Å². The summed E-state index contributed by atoms with van der Waals surface area (Å²) in [6.07, 6.45) is 2.57. The topological polar surface area (TPSA) is 68.8 Å². The van der Waals surface area contributed by atoms with Crippen molar-refractivity contribution in [3.05, 3.63) is 58.9 Å². The number of likely N-dealkylation sites (tertiary alicyclic amines) is 1. The average Bonchev–Trinajstić information content (AvgIpc) is 3.31. The zero-order valence-corrected chi connectivity index (χ0v) is 22.6. The number of carbonyl (C=O) groups excluding carboxylic acids is 2. The normalized spacial score (nSPS) is 25.2. The summed E-state index contributed by atoms with van der Waals surface area (Å²) in [4.78, 5) is 36.8. The molecule has 204 valence electrons. The van der Waals surface area contributed by atoms with Crippen molar-refractivity contribution in [2.24, 2.45) is 5.92 Å². The fraction of sp³-hybridized carbons (Fsp3) is 0.552. The van der Waals surface area contributed by atoms with Gasteiger partial charge in [-0.05, 0) is 36.1 Å². The maximum absolute atomic E-state index is 14.3. The Labute approximate surface area is 223 Å². The second-order valence-electron chi connectivity index (χ2n) is 12.0. The SMILES string of the molecule is CC1CC(=O)N(C[C@H]2CN[C@H](C)CN2CC(=O)N2CC(C)(C)c3ncc(Cc4ccc(F)cc4F)cc32)C1. The molecule has 1 N–H and O–H groups in total. The molecule has 2 amide bonds. The van der Waals surface area contributed by atoms with Crippen molar-refractivity contribution < 1.29 is 18.4 Å². The number of anilines is 1. The van der Waals surface area contributed by atoms with Gasteiger partial charge in [-0.2, -0.15) is 0 Å². The zero-order valence-electron chi connectivity index (χ0n) is 22.6. The van der Waals surface area contributed by atoms with Gasteiger partial charge in [0.05, 0.1) is 17.9 Å². The number of hydrogen-bond donors (Lipinski definition) is 1. The van der Waals surface area contributed by atoms with Crippen molar-refractivity contribution in [2.45, 2.75) is 58.0 Å². The number of nitrogens with zero attached hydrogens (tertiary/aromatic N) is 4. The highest BCUT2D eigenvalue weighted by Gasteiger charge is 2.41. The summed E-state index contributed by atoms with van der Waals surface area (Å²) >= 11 is 0. The number of aromatic nitrogens is 1. The van der Waals surface area contributed by atoms with Crippen LogP contribution in [0, 0.1) is 17.6 Å². The van der Waals surface area contributed by atoms with Crippen molar-refractivity contribution in [1.82, 2.24) is 20.1 Å². The average molecular weight is 526 g/mol. The Morgan fingerprint density at radius 1 is 1.18 bits per heavy atom. The van der Waals surface area contributed by atoms with Gasteiger partial charge in [-0.25, -0.2) is 8.78 Å². The maximum Gasteiger partial charge on any atom is 0.241 e. The third-order valence-electron chi connectivity index (χ3n) is 8.02. The van der Waals surface area contributed by atoms with E-state index in [-0.39, 0.29) is 42.3 Å². The number of hydrogen-bond acceptors (Lipinski definition) is 5. The van der Waals surface area contributed by atoms with Crippen LogP contribution < -0.4 is 10.2 Å². The largest absolute Gasteiger partial charge is 0.341 e. The monoisotopic (exact) mass is 525 g/mol. The summed E-state index contributed by atoms with van der Waals surface area (Å²) in [5.74, 6) is -0.663. The number of fused-ring (bicyclic) bond motifs is 1. The fourth-order valence-electron chi connectivity index (χ4n) is 6.05. The predicted octanol–water partition coefficient (Wildman–Crippen LogP) is 3.11. The number of carbonyl (C=O) groups is 2. The lowest BCUT2D eigenvalue weighted by Gasteiger charge is -2.41. The van der Waals surface area contributed by atoms with Gasteiger partial charge in [0.15, 0.2) is 0 Å². The molecule has 0 spiro atoms. The molecule has 3 aliphatic rings. The first-order valence-corrected chi connectivity index (χ1v) is 13.5. The van der Waals surface area contributed by atoms with Crippen LogP contribution in [0.1, 0.15) is 50.9 Å². The molecule has 3 aliphatic heterocycles. The van der Waals surface area contributed by atoms with Gasteiger partial charge in [0.1, 0.15) is 11.6 Å². The number of nitrogens with one attached hydrogen (secondary N) is 1. The van der Waals surface area contributed by atoms with E-state index in [1.165, 1.54) is 12.1 Å². The van der Waals surface area contributed by atoms with Crippen LogP contribution in [0.4, 0.5) is 14.5 Å². The highest BCUT2D eigenvalue weighted by Crippen LogP contribution is 2.40. The van der Waals surface area contributed by atoms with E-state index in [9.17, 15) is 18.4 Å². The lowest BCUT2D eigenvalue weighted by Crippen LogP contribution is -2.61. The van der Waals surface area contributed by atoms with Crippen LogP contribution >= 0.6 is 0 Å². The van der Waals surface area contributed by atoms with E-state index in [4.69, 9.17) is 0 Å². The number of halogens is 2. The molecule has 1 aromatic heterocycles. The molecule has 0 bridgehead atoms. The minimum atomic E-state index is -0.610. The van der Waals surface area contributed by atoms with E-state index < -0.39 is 11.6 Å². The Kier molecular flexibility index (Phi) is 7.26. The van der Waals surface area contributed by atoms with Crippen LogP contribution in [-0.4, -0.2) is 78.0 Å². The van der Waals surface area contributed by atoms with Crippen molar-refractivity contribution in [2.75, 3.05) is 44.2 Å². The van der Waals surface area contributed by atoms with E-state index in [0.717, 1.165) is 42.6 Å². The van der Waals surface area contributed by atoms with E-state index in [0.29, 0.717) is 31.0 Å². The van der Waals surface area contributed by atoms with Crippen LogP contribution in [0.25, 0.3) is 0 Å². The smallest absolute Gasteiger partial charge is 0.241 e. The molecule has 9 heteroatoms. The third kappa shape index (κ3) is 5.45.